The lowest BCUT2D eigenvalue weighted by Crippen LogP contribution is -1.93. The van der Waals surface area contributed by atoms with Crippen LogP contribution in [0.4, 0.5) is 0 Å². The van der Waals surface area contributed by atoms with E-state index < -0.39 is 0 Å². The SMILES string of the molecule is Cn1cc(COc2ccc(O)cc2)cn1. The van der Waals surface area contributed by atoms with Crippen molar-refractivity contribution in [1.29, 1.82) is 0 Å². The Morgan fingerprint density at radius 2 is 2.07 bits per heavy atom. The number of phenols is 1. The second-order valence-electron chi connectivity index (χ2n) is 3.30. The lowest BCUT2D eigenvalue weighted by molar-refractivity contribution is 0.305. The molecule has 78 valence electrons. The number of aromatic nitrogens is 2. The van der Waals surface area contributed by atoms with Crippen LogP contribution in [0.2, 0.25) is 0 Å². The second-order valence-corrected chi connectivity index (χ2v) is 3.30. The summed E-state index contributed by atoms with van der Waals surface area (Å²) in [7, 11) is 1.87. The van der Waals surface area contributed by atoms with E-state index in [-0.39, 0.29) is 5.75 Å². The fraction of sp³-hybridized carbons (Fsp3) is 0.182. The van der Waals surface area contributed by atoms with E-state index in [1.807, 2.05) is 13.2 Å². The molecule has 15 heavy (non-hydrogen) atoms. The maximum absolute atomic E-state index is 9.08. The number of benzene rings is 1. The summed E-state index contributed by atoms with van der Waals surface area (Å²) in [6, 6.07) is 6.65. The highest BCUT2D eigenvalue weighted by molar-refractivity contribution is 5.30. The van der Waals surface area contributed by atoms with Gasteiger partial charge in [-0.1, -0.05) is 0 Å². The molecule has 0 saturated heterocycles. The molecule has 1 aromatic heterocycles. The predicted molar refractivity (Wildman–Crippen MR) is 55.6 cm³/mol. The molecule has 0 saturated carbocycles. The number of nitrogens with zero attached hydrogens (tertiary/aromatic N) is 2. The first-order valence-electron chi connectivity index (χ1n) is 4.63. The van der Waals surface area contributed by atoms with Gasteiger partial charge in [-0.05, 0) is 24.3 Å². The summed E-state index contributed by atoms with van der Waals surface area (Å²) in [6.45, 7) is 0.485. The van der Waals surface area contributed by atoms with Crippen molar-refractivity contribution < 1.29 is 9.84 Å². The number of aryl methyl sites for hydroxylation is 1. The molecule has 1 N–H and O–H groups in total. The minimum absolute atomic E-state index is 0.240. The fourth-order valence-corrected chi connectivity index (χ4v) is 1.26. The minimum atomic E-state index is 0.240. The van der Waals surface area contributed by atoms with Crippen molar-refractivity contribution in [3.8, 4) is 11.5 Å². The van der Waals surface area contributed by atoms with Crippen LogP contribution in [0.3, 0.4) is 0 Å². The molecule has 0 aliphatic carbocycles. The Balaban J connectivity index is 1.96. The molecule has 2 aromatic rings. The van der Waals surface area contributed by atoms with Crippen LogP contribution in [0.25, 0.3) is 0 Å². The Morgan fingerprint density at radius 3 is 2.67 bits per heavy atom. The van der Waals surface area contributed by atoms with Gasteiger partial charge in [0.25, 0.3) is 0 Å². The van der Waals surface area contributed by atoms with Gasteiger partial charge < -0.3 is 9.84 Å². The zero-order valence-electron chi connectivity index (χ0n) is 8.42. The van der Waals surface area contributed by atoms with Gasteiger partial charge in [0.15, 0.2) is 0 Å². The number of ether oxygens (including phenoxy) is 1. The summed E-state index contributed by atoms with van der Waals surface area (Å²) in [5.74, 6) is 0.973. The van der Waals surface area contributed by atoms with Crippen LogP contribution >= 0.6 is 0 Å². The standard InChI is InChI=1S/C11H12N2O2/c1-13-7-9(6-12-13)8-15-11-4-2-10(14)3-5-11/h2-7,14H,8H2,1H3. The van der Waals surface area contributed by atoms with E-state index in [4.69, 9.17) is 9.84 Å². The zero-order valence-corrected chi connectivity index (χ0v) is 8.42. The van der Waals surface area contributed by atoms with Crippen molar-refractivity contribution >= 4 is 0 Å². The smallest absolute Gasteiger partial charge is 0.120 e. The van der Waals surface area contributed by atoms with Gasteiger partial charge in [-0.2, -0.15) is 5.10 Å². The van der Waals surface area contributed by atoms with E-state index in [1.165, 1.54) is 0 Å². The number of aromatic hydroxyl groups is 1. The van der Waals surface area contributed by atoms with Crippen LogP contribution in [-0.4, -0.2) is 14.9 Å². The molecular weight excluding hydrogens is 192 g/mol. The van der Waals surface area contributed by atoms with Crippen molar-refractivity contribution in [2.75, 3.05) is 0 Å². The van der Waals surface area contributed by atoms with Gasteiger partial charge in [-0.25, -0.2) is 0 Å². The van der Waals surface area contributed by atoms with Crippen LogP contribution in [0.5, 0.6) is 11.5 Å². The molecule has 1 heterocycles. The molecule has 0 amide bonds. The van der Waals surface area contributed by atoms with Crippen LogP contribution in [0.15, 0.2) is 36.7 Å². The fourth-order valence-electron chi connectivity index (χ4n) is 1.26. The molecular formula is C11H12N2O2. The highest BCUT2D eigenvalue weighted by Gasteiger charge is 1.98. The van der Waals surface area contributed by atoms with Crippen molar-refractivity contribution in [2.24, 2.45) is 7.05 Å². The molecule has 0 aliphatic rings. The van der Waals surface area contributed by atoms with Gasteiger partial charge in [-0.15, -0.1) is 0 Å². The molecule has 0 fully saturated rings. The maximum Gasteiger partial charge on any atom is 0.120 e. The van der Waals surface area contributed by atoms with Crippen LogP contribution in [0, 0.1) is 0 Å². The second kappa shape index (κ2) is 4.04. The summed E-state index contributed by atoms with van der Waals surface area (Å²) in [4.78, 5) is 0. The van der Waals surface area contributed by atoms with Gasteiger partial charge in [-0.3, -0.25) is 4.68 Å². The number of hydrogen-bond acceptors (Lipinski definition) is 3. The highest BCUT2D eigenvalue weighted by Crippen LogP contribution is 2.16. The van der Waals surface area contributed by atoms with Crippen LogP contribution < -0.4 is 4.74 Å². The number of phenolic OH excluding ortho intramolecular Hbond substituents is 1. The van der Waals surface area contributed by atoms with Gasteiger partial charge in [0.2, 0.25) is 0 Å². The third-order valence-corrected chi connectivity index (χ3v) is 2.00. The van der Waals surface area contributed by atoms with E-state index in [1.54, 1.807) is 35.1 Å². The van der Waals surface area contributed by atoms with E-state index >= 15 is 0 Å². The average molecular weight is 204 g/mol. The van der Waals surface area contributed by atoms with Crippen molar-refractivity contribution in [2.45, 2.75) is 6.61 Å². The first-order valence-corrected chi connectivity index (χ1v) is 4.63. The normalized spacial score (nSPS) is 10.2. The third-order valence-electron chi connectivity index (χ3n) is 2.00. The van der Waals surface area contributed by atoms with Crippen LogP contribution in [-0.2, 0) is 13.7 Å². The molecule has 4 nitrogen and oxygen atoms in total. The van der Waals surface area contributed by atoms with Gasteiger partial charge in [0.1, 0.15) is 18.1 Å². The molecule has 0 spiro atoms. The van der Waals surface area contributed by atoms with E-state index in [0.717, 1.165) is 11.3 Å². The minimum Gasteiger partial charge on any atom is -0.508 e. The molecule has 1 aromatic carbocycles. The monoisotopic (exact) mass is 204 g/mol. The topological polar surface area (TPSA) is 47.3 Å². The largest absolute Gasteiger partial charge is 0.508 e. The summed E-state index contributed by atoms with van der Waals surface area (Å²) in [6.07, 6.45) is 3.67. The summed E-state index contributed by atoms with van der Waals surface area (Å²) < 4.78 is 7.23. The first-order chi connectivity index (χ1) is 7.24. The lowest BCUT2D eigenvalue weighted by atomic mass is 10.3. The zero-order chi connectivity index (χ0) is 10.7. The number of hydrogen-bond donors (Lipinski definition) is 1. The Kier molecular flexibility index (Phi) is 2.58. The van der Waals surface area contributed by atoms with Gasteiger partial charge >= 0.3 is 0 Å². The Labute approximate surface area is 87.7 Å². The molecule has 4 heteroatoms. The lowest BCUT2D eigenvalue weighted by Gasteiger charge is -2.03. The van der Waals surface area contributed by atoms with Gasteiger partial charge in [0.05, 0.1) is 6.20 Å². The Morgan fingerprint density at radius 1 is 1.33 bits per heavy atom. The van der Waals surface area contributed by atoms with Crippen molar-refractivity contribution in [3.63, 3.8) is 0 Å². The Hall–Kier alpha value is -1.97. The molecule has 0 radical (unpaired) electrons. The quantitative estimate of drug-likeness (QED) is 0.827. The maximum atomic E-state index is 9.08. The molecule has 0 bridgehead atoms. The molecule has 2 rings (SSSR count). The van der Waals surface area contributed by atoms with Gasteiger partial charge in [0, 0.05) is 18.8 Å². The summed E-state index contributed by atoms with van der Waals surface area (Å²) in [5.41, 5.74) is 1.02. The molecule has 0 unspecified atom stereocenters. The third kappa shape index (κ3) is 2.49. The summed E-state index contributed by atoms with van der Waals surface area (Å²) >= 11 is 0. The van der Waals surface area contributed by atoms with Crippen molar-refractivity contribution in [3.05, 3.63) is 42.2 Å². The molecule has 0 aliphatic heterocycles. The van der Waals surface area contributed by atoms with E-state index in [0.29, 0.717) is 6.61 Å². The Bertz CT molecular complexity index is 434. The van der Waals surface area contributed by atoms with Crippen molar-refractivity contribution in [1.82, 2.24) is 9.78 Å². The first kappa shape index (κ1) is 9.58. The predicted octanol–water partition coefficient (Wildman–Crippen LogP) is 1.70. The average Bonchev–Trinajstić information content (AvgIpc) is 2.64. The number of rotatable bonds is 3. The van der Waals surface area contributed by atoms with E-state index in [9.17, 15) is 0 Å². The van der Waals surface area contributed by atoms with Crippen LogP contribution in [0.1, 0.15) is 5.56 Å². The summed E-state index contributed by atoms with van der Waals surface area (Å²) in [5, 5.41) is 13.1. The molecule has 0 atom stereocenters. The highest BCUT2D eigenvalue weighted by atomic mass is 16.5. The van der Waals surface area contributed by atoms with E-state index in [2.05, 4.69) is 5.10 Å².